The van der Waals surface area contributed by atoms with Gasteiger partial charge in [-0.2, -0.15) is 0 Å². The maximum Gasteiger partial charge on any atom is 0.242 e. The molecule has 2 atom stereocenters. The van der Waals surface area contributed by atoms with Crippen LogP contribution in [0.5, 0.6) is 5.75 Å². The van der Waals surface area contributed by atoms with E-state index in [-0.39, 0.29) is 17.8 Å². The molecule has 1 aliphatic rings. The summed E-state index contributed by atoms with van der Waals surface area (Å²) in [5.74, 6) is 0.222. The molecule has 3 rings (SSSR count). The van der Waals surface area contributed by atoms with Gasteiger partial charge in [-0.15, -0.1) is 0 Å². The highest BCUT2D eigenvalue weighted by atomic mass is 19.1. The van der Waals surface area contributed by atoms with Crippen molar-refractivity contribution in [3.05, 3.63) is 65.5 Å². The minimum absolute atomic E-state index is 0.0988. The largest absolute Gasteiger partial charge is 0.493 e. The van der Waals surface area contributed by atoms with E-state index in [1.54, 1.807) is 6.07 Å². The highest BCUT2D eigenvalue weighted by Gasteiger charge is 2.28. The summed E-state index contributed by atoms with van der Waals surface area (Å²) in [6.45, 7) is 0.570. The van der Waals surface area contributed by atoms with Crippen LogP contribution < -0.4 is 10.1 Å². The number of halogens is 1. The molecule has 0 radical (unpaired) electrons. The van der Waals surface area contributed by atoms with Crippen LogP contribution in [0.3, 0.4) is 0 Å². The van der Waals surface area contributed by atoms with E-state index >= 15 is 0 Å². The molecule has 0 spiro atoms. The molecule has 0 saturated heterocycles. The lowest BCUT2D eigenvalue weighted by Gasteiger charge is -2.27. The Morgan fingerprint density at radius 2 is 2.00 bits per heavy atom. The number of ether oxygens (including phenoxy) is 1. The van der Waals surface area contributed by atoms with Gasteiger partial charge in [-0.05, 0) is 50.7 Å². The zero-order valence-corrected chi connectivity index (χ0v) is 14.5. The fourth-order valence-corrected chi connectivity index (χ4v) is 3.27. The maximum atomic E-state index is 13.7. The van der Waals surface area contributed by atoms with Gasteiger partial charge in [0.05, 0.1) is 12.6 Å². The average molecular weight is 342 g/mol. The summed E-state index contributed by atoms with van der Waals surface area (Å²) in [6, 6.07) is 13.5. The van der Waals surface area contributed by atoms with Crippen LogP contribution in [0.4, 0.5) is 4.39 Å². The number of hydrogen-bond acceptors (Lipinski definition) is 3. The van der Waals surface area contributed by atoms with E-state index in [1.807, 2.05) is 49.3 Å². The number of nitrogens with one attached hydrogen (secondary N) is 1. The Labute approximate surface area is 147 Å². The first kappa shape index (κ1) is 17.4. The molecule has 1 heterocycles. The minimum atomic E-state index is -0.401. The van der Waals surface area contributed by atoms with Crippen molar-refractivity contribution in [3.8, 4) is 5.75 Å². The van der Waals surface area contributed by atoms with Crippen LogP contribution in [0.25, 0.3) is 0 Å². The molecule has 2 aromatic rings. The van der Waals surface area contributed by atoms with Crippen molar-refractivity contribution in [2.24, 2.45) is 0 Å². The standard InChI is InChI=1S/C20H23FN2O2/c1-23(2)19(14-7-4-3-5-8-14)20(24)22-17-9-6-12-25-18-11-10-15(21)13-16(17)18/h3-5,7-8,10-11,13,17,19H,6,9,12H2,1-2H3,(H,22,24)/t17-,19-/m0/s1. The monoisotopic (exact) mass is 342 g/mol. The van der Waals surface area contributed by atoms with Gasteiger partial charge in [0.15, 0.2) is 0 Å². The van der Waals surface area contributed by atoms with E-state index in [9.17, 15) is 9.18 Å². The Hall–Kier alpha value is -2.40. The molecular formula is C20H23FN2O2. The van der Waals surface area contributed by atoms with E-state index in [0.29, 0.717) is 17.9 Å². The van der Waals surface area contributed by atoms with Gasteiger partial charge in [-0.3, -0.25) is 9.69 Å². The third-order valence-electron chi connectivity index (χ3n) is 4.44. The van der Waals surface area contributed by atoms with Gasteiger partial charge in [0.2, 0.25) is 5.91 Å². The molecule has 1 amide bonds. The maximum absolute atomic E-state index is 13.7. The first-order valence-electron chi connectivity index (χ1n) is 8.50. The van der Waals surface area contributed by atoms with Gasteiger partial charge in [0.25, 0.3) is 0 Å². The lowest BCUT2D eigenvalue weighted by Crippen LogP contribution is -2.39. The van der Waals surface area contributed by atoms with E-state index in [2.05, 4.69) is 5.32 Å². The summed E-state index contributed by atoms with van der Waals surface area (Å²) in [7, 11) is 3.75. The molecule has 0 fully saturated rings. The fraction of sp³-hybridized carbons (Fsp3) is 0.350. The topological polar surface area (TPSA) is 41.6 Å². The Morgan fingerprint density at radius 3 is 2.72 bits per heavy atom. The molecule has 25 heavy (non-hydrogen) atoms. The highest BCUT2D eigenvalue weighted by Crippen LogP contribution is 2.33. The highest BCUT2D eigenvalue weighted by molar-refractivity contribution is 5.83. The van der Waals surface area contributed by atoms with Gasteiger partial charge < -0.3 is 10.1 Å². The van der Waals surface area contributed by atoms with Crippen LogP contribution in [-0.4, -0.2) is 31.5 Å². The number of nitrogens with zero attached hydrogens (tertiary/aromatic N) is 1. The number of amides is 1. The van der Waals surface area contributed by atoms with Crippen LogP contribution in [0.1, 0.15) is 36.1 Å². The van der Waals surface area contributed by atoms with E-state index in [4.69, 9.17) is 4.74 Å². The number of likely N-dealkylation sites (N-methyl/N-ethyl adjacent to an activating group) is 1. The van der Waals surface area contributed by atoms with Crippen molar-refractivity contribution in [2.45, 2.75) is 24.9 Å². The molecule has 0 unspecified atom stereocenters. The summed E-state index contributed by atoms with van der Waals surface area (Å²) in [5, 5.41) is 3.09. The zero-order chi connectivity index (χ0) is 17.8. The first-order valence-corrected chi connectivity index (χ1v) is 8.50. The molecule has 0 bridgehead atoms. The Balaban J connectivity index is 1.85. The van der Waals surface area contributed by atoms with E-state index < -0.39 is 6.04 Å². The second-order valence-electron chi connectivity index (χ2n) is 6.51. The third kappa shape index (κ3) is 3.99. The number of carbonyl (C=O) groups excluding carboxylic acids is 1. The van der Waals surface area contributed by atoms with Crippen molar-refractivity contribution in [1.82, 2.24) is 10.2 Å². The van der Waals surface area contributed by atoms with Gasteiger partial charge >= 0.3 is 0 Å². The van der Waals surface area contributed by atoms with Gasteiger partial charge in [0.1, 0.15) is 17.6 Å². The number of carbonyl (C=O) groups is 1. The molecule has 1 N–H and O–H groups in total. The third-order valence-corrected chi connectivity index (χ3v) is 4.44. The van der Waals surface area contributed by atoms with Crippen LogP contribution in [0.15, 0.2) is 48.5 Å². The predicted octanol–water partition coefficient (Wildman–Crippen LogP) is 3.46. The number of fused-ring (bicyclic) bond motifs is 1. The molecule has 4 nitrogen and oxygen atoms in total. The average Bonchev–Trinajstić information content (AvgIpc) is 2.78. The summed E-state index contributed by atoms with van der Waals surface area (Å²) in [4.78, 5) is 14.9. The molecule has 0 aliphatic carbocycles. The molecule has 0 aromatic heterocycles. The number of rotatable bonds is 4. The van der Waals surface area contributed by atoms with Crippen LogP contribution in [-0.2, 0) is 4.79 Å². The molecule has 2 aromatic carbocycles. The lowest BCUT2D eigenvalue weighted by atomic mass is 9.99. The van der Waals surface area contributed by atoms with E-state index in [0.717, 1.165) is 18.4 Å². The van der Waals surface area contributed by atoms with Crippen molar-refractivity contribution < 1.29 is 13.9 Å². The smallest absolute Gasteiger partial charge is 0.242 e. The zero-order valence-electron chi connectivity index (χ0n) is 14.5. The molecule has 1 aliphatic heterocycles. The van der Waals surface area contributed by atoms with Crippen LogP contribution in [0, 0.1) is 5.82 Å². The van der Waals surface area contributed by atoms with Crippen LogP contribution >= 0.6 is 0 Å². The first-order chi connectivity index (χ1) is 12.1. The predicted molar refractivity (Wildman–Crippen MR) is 94.9 cm³/mol. The summed E-state index contributed by atoms with van der Waals surface area (Å²) in [5.41, 5.74) is 1.63. The van der Waals surface area contributed by atoms with Crippen molar-refractivity contribution >= 4 is 5.91 Å². The Kier molecular flexibility index (Phi) is 5.34. The summed E-state index contributed by atoms with van der Waals surface area (Å²) in [6.07, 6.45) is 1.52. The molecule has 0 saturated carbocycles. The minimum Gasteiger partial charge on any atom is -0.493 e. The fourth-order valence-electron chi connectivity index (χ4n) is 3.27. The molecular weight excluding hydrogens is 319 g/mol. The molecule has 132 valence electrons. The van der Waals surface area contributed by atoms with Gasteiger partial charge in [-0.1, -0.05) is 30.3 Å². The van der Waals surface area contributed by atoms with Gasteiger partial charge in [0, 0.05) is 5.56 Å². The van der Waals surface area contributed by atoms with Crippen molar-refractivity contribution in [1.29, 1.82) is 0 Å². The van der Waals surface area contributed by atoms with E-state index in [1.165, 1.54) is 12.1 Å². The Bertz CT molecular complexity index is 734. The number of benzene rings is 2. The molecule has 5 heteroatoms. The lowest BCUT2D eigenvalue weighted by molar-refractivity contribution is -0.126. The van der Waals surface area contributed by atoms with Crippen LogP contribution in [0.2, 0.25) is 0 Å². The Morgan fingerprint density at radius 1 is 1.24 bits per heavy atom. The quantitative estimate of drug-likeness (QED) is 0.925. The van der Waals surface area contributed by atoms with Crippen molar-refractivity contribution in [3.63, 3.8) is 0 Å². The summed E-state index contributed by atoms with van der Waals surface area (Å²) >= 11 is 0. The normalized spacial score (nSPS) is 18.0. The van der Waals surface area contributed by atoms with Crippen molar-refractivity contribution in [2.75, 3.05) is 20.7 Å². The second kappa shape index (κ2) is 7.66. The SMILES string of the molecule is CN(C)[C@H](C(=O)N[C@H]1CCCOc2ccc(F)cc21)c1ccccc1. The second-order valence-corrected chi connectivity index (χ2v) is 6.51. The summed E-state index contributed by atoms with van der Waals surface area (Å²) < 4.78 is 19.4. The number of hydrogen-bond donors (Lipinski definition) is 1. The van der Waals surface area contributed by atoms with Gasteiger partial charge in [-0.25, -0.2) is 4.39 Å².